The lowest BCUT2D eigenvalue weighted by Crippen LogP contribution is -2.40. The lowest BCUT2D eigenvalue weighted by atomic mass is 10.1. The molecule has 178 valence electrons. The Morgan fingerprint density at radius 1 is 1.03 bits per heavy atom. The Hall–Kier alpha value is -2.94. The van der Waals surface area contributed by atoms with Crippen molar-refractivity contribution in [3.8, 4) is 11.5 Å². The number of rotatable bonds is 7. The molecule has 0 spiro atoms. The van der Waals surface area contributed by atoms with Gasteiger partial charge < -0.3 is 14.8 Å². The first kappa shape index (κ1) is 24.2. The van der Waals surface area contributed by atoms with Crippen molar-refractivity contribution < 1.29 is 22.7 Å². The highest BCUT2D eigenvalue weighted by molar-refractivity contribution is 7.92. The number of carbonyl (C=O) groups is 1. The maximum Gasteiger partial charge on any atom is 0.251 e. The normalized spacial score (nSPS) is 15.0. The summed E-state index contributed by atoms with van der Waals surface area (Å²) in [6, 6.07) is 18.9. The molecule has 4 rings (SSSR count). The van der Waals surface area contributed by atoms with E-state index in [2.05, 4.69) is 5.32 Å². The zero-order valence-corrected chi connectivity index (χ0v) is 20.5. The minimum Gasteiger partial charge on any atom is -0.486 e. The Morgan fingerprint density at radius 3 is 2.44 bits per heavy atom. The van der Waals surface area contributed by atoms with Gasteiger partial charge in [0.25, 0.3) is 5.91 Å². The van der Waals surface area contributed by atoms with E-state index in [4.69, 9.17) is 32.7 Å². The number of halogens is 2. The lowest BCUT2D eigenvalue weighted by molar-refractivity contribution is 0.0789. The van der Waals surface area contributed by atoms with Crippen molar-refractivity contribution >= 4 is 44.8 Å². The van der Waals surface area contributed by atoms with Gasteiger partial charge in [-0.15, -0.1) is 0 Å². The first-order valence-corrected chi connectivity index (χ1v) is 13.0. The predicted octanol–water partition coefficient (Wildman–Crippen LogP) is 4.53. The molecule has 3 aromatic rings. The molecule has 10 heteroatoms. The summed E-state index contributed by atoms with van der Waals surface area (Å²) in [6.07, 6.45) is 0.797. The molecule has 1 atom stereocenters. The van der Waals surface area contributed by atoms with Crippen LogP contribution in [0.15, 0.2) is 66.7 Å². The number of amides is 1. The summed E-state index contributed by atoms with van der Waals surface area (Å²) in [5, 5.41) is 3.26. The van der Waals surface area contributed by atoms with E-state index >= 15 is 0 Å². The van der Waals surface area contributed by atoms with E-state index in [1.807, 2.05) is 24.3 Å². The molecule has 1 aliphatic heterocycles. The fraction of sp³-hybridized carbons (Fsp3) is 0.208. The third-order valence-electron chi connectivity index (χ3n) is 5.20. The van der Waals surface area contributed by atoms with E-state index < -0.39 is 10.0 Å². The summed E-state index contributed by atoms with van der Waals surface area (Å²) in [4.78, 5) is 12.6. The Kier molecular flexibility index (Phi) is 7.21. The number of nitrogens with one attached hydrogen (secondary N) is 1. The number of nitrogens with zero attached hydrogens (tertiary/aromatic N) is 1. The lowest BCUT2D eigenvalue weighted by Gasteiger charge is -2.26. The molecule has 3 aromatic carbocycles. The van der Waals surface area contributed by atoms with Crippen LogP contribution in [0.5, 0.6) is 11.5 Å². The van der Waals surface area contributed by atoms with Crippen LogP contribution in [-0.2, 0) is 16.6 Å². The highest BCUT2D eigenvalue weighted by atomic mass is 35.5. The second kappa shape index (κ2) is 10.1. The minimum atomic E-state index is -3.64. The summed E-state index contributed by atoms with van der Waals surface area (Å²) in [5.41, 5.74) is 1.40. The number of benzene rings is 3. The monoisotopic (exact) mass is 520 g/mol. The van der Waals surface area contributed by atoms with Gasteiger partial charge in [-0.3, -0.25) is 9.10 Å². The number of hydrogen-bond acceptors (Lipinski definition) is 5. The van der Waals surface area contributed by atoms with Crippen molar-refractivity contribution in [3.05, 3.63) is 87.9 Å². The predicted molar refractivity (Wildman–Crippen MR) is 133 cm³/mol. The molecule has 0 saturated carbocycles. The Balaban J connectivity index is 1.40. The molecule has 1 amide bonds. The first-order valence-electron chi connectivity index (χ1n) is 10.4. The summed E-state index contributed by atoms with van der Waals surface area (Å²) in [7, 11) is -3.64. The maximum absolute atomic E-state index is 12.6. The van der Waals surface area contributed by atoms with Crippen molar-refractivity contribution in [2.45, 2.75) is 12.6 Å². The van der Waals surface area contributed by atoms with Crippen LogP contribution in [0.1, 0.15) is 15.9 Å². The minimum absolute atomic E-state index is 0.0352. The van der Waals surface area contributed by atoms with Crippen LogP contribution >= 0.6 is 23.2 Å². The highest BCUT2D eigenvalue weighted by Crippen LogP contribution is 2.34. The molecule has 0 aromatic heterocycles. The number of ether oxygens (including phenoxy) is 2. The van der Waals surface area contributed by atoms with E-state index in [1.165, 1.54) is 4.31 Å². The van der Waals surface area contributed by atoms with Crippen LogP contribution in [0.4, 0.5) is 5.69 Å². The van der Waals surface area contributed by atoms with Crippen LogP contribution in [0.25, 0.3) is 0 Å². The molecule has 0 radical (unpaired) electrons. The zero-order valence-electron chi connectivity index (χ0n) is 18.2. The van der Waals surface area contributed by atoms with Crippen molar-refractivity contribution in [3.63, 3.8) is 0 Å². The fourth-order valence-electron chi connectivity index (χ4n) is 3.47. The van der Waals surface area contributed by atoms with Gasteiger partial charge in [0, 0.05) is 5.56 Å². The third-order valence-corrected chi connectivity index (χ3v) is 7.14. The van der Waals surface area contributed by atoms with Gasteiger partial charge in [-0.25, -0.2) is 8.42 Å². The van der Waals surface area contributed by atoms with Gasteiger partial charge in [-0.05, 0) is 42.0 Å². The van der Waals surface area contributed by atoms with Gasteiger partial charge in [0.2, 0.25) is 10.0 Å². The van der Waals surface area contributed by atoms with E-state index in [1.54, 1.807) is 42.5 Å². The Morgan fingerprint density at radius 2 is 1.74 bits per heavy atom. The summed E-state index contributed by atoms with van der Waals surface area (Å²) in [6.45, 7) is 0.654. The SMILES string of the molecule is CS(=O)(=O)N(Cc1ccc(C(=O)NCC2COc3ccccc3O2)cc1)c1cccc(Cl)c1Cl. The molecule has 1 unspecified atom stereocenters. The second-order valence-corrected chi connectivity index (χ2v) is 10.4. The summed E-state index contributed by atoms with van der Waals surface area (Å²) < 4.78 is 37.5. The molecule has 1 heterocycles. The standard InChI is InChI=1S/C24H22Cl2N2O5S/c1-34(30,31)28(20-6-4-5-19(25)23(20)26)14-16-9-11-17(12-10-16)24(29)27-13-18-15-32-21-7-2-3-8-22(21)33-18/h2-12,18H,13-15H2,1H3,(H,27,29). The molecule has 0 bridgehead atoms. The third kappa shape index (κ3) is 5.58. The smallest absolute Gasteiger partial charge is 0.251 e. The number of anilines is 1. The van der Waals surface area contributed by atoms with Gasteiger partial charge in [0.1, 0.15) is 12.7 Å². The van der Waals surface area contributed by atoms with Crippen molar-refractivity contribution in [2.75, 3.05) is 23.7 Å². The summed E-state index contributed by atoms with van der Waals surface area (Å²) in [5.74, 6) is 1.06. The fourth-order valence-corrected chi connectivity index (χ4v) is 4.81. The first-order chi connectivity index (χ1) is 16.2. The van der Waals surface area contributed by atoms with Gasteiger partial charge in [-0.2, -0.15) is 0 Å². The molecule has 1 aliphatic rings. The molecule has 1 N–H and O–H groups in total. The summed E-state index contributed by atoms with van der Waals surface area (Å²) >= 11 is 12.3. The maximum atomic E-state index is 12.6. The molecule has 34 heavy (non-hydrogen) atoms. The average Bonchev–Trinajstić information content (AvgIpc) is 2.82. The van der Waals surface area contributed by atoms with Gasteiger partial charge >= 0.3 is 0 Å². The van der Waals surface area contributed by atoms with E-state index in [-0.39, 0.29) is 40.8 Å². The quantitative estimate of drug-likeness (QED) is 0.494. The largest absolute Gasteiger partial charge is 0.486 e. The Labute approximate surface area is 208 Å². The van der Waals surface area contributed by atoms with Crippen LogP contribution in [0.3, 0.4) is 0 Å². The van der Waals surface area contributed by atoms with E-state index in [0.717, 1.165) is 6.26 Å². The average molecular weight is 521 g/mol. The van der Waals surface area contributed by atoms with Crippen LogP contribution < -0.4 is 19.1 Å². The molecule has 0 fully saturated rings. The number of carbonyl (C=O) groups excluding carboxylic acids is 1. The van der Waals surface area contributed by atoms with Crippen molar-refractivity contribution in [1.29, 1.82) is 0 Å². The van der Waals surface area contributed by atoms with Gasteiger partial charge in [0.05, 0.1) is 35.1 Å². The van der Waals surface area contributed by atoms with Crippen LogP contribution in [0, 0.1) is 0 Å². The molecule has 7 nitrogen and oxygen atoms in total. The van der Waals surface area contributed by atoms with Gasteiger partial charge in [-0.1, -0.05) is 53.5 Å². The number of hydrogen-bond donors (Lipinski definition) is 1. The van der Waals surface area contributed by atoms with Crippen LogP contribution in [-0.4, -0.2) is 39.8 Å². The van der Waals surface area contributed by atoms with Crippen LogP contribution in [0.2, 0.25) is 10.0 Å². The number of para-hydroxylation sites is 2. The molecular weight excluding hydrogens is 499 g/mol. The number of fused-ring (bicyclic) bond motifs is 1. The van der Waals surface area contributed by atoms with E-state index in [9.17, 15) is 13.2 Å². The molecule has 0 saturated heterocycles. The topological polar surface area (TPSA) is 84.9 Å². The highest BCUT2D eigenvalue weighted by Gasteiger charge is 2.23. The van der Waals surface area contributed by atoms with Crippen molar-refractivity contribution in [1.82, 2.24) is 5.32 Å². The zero-order chi connectivity index (χ0) is 24.3. The van der Waals surface area contributed by atoms with E-state index in [0.29, 0.717) is 29.2 Å². The second-order valence-electron chi connectivity index (χ2n) is 7.75. The molecular formula is C24H22Cl2N2O5S. The van der Waals surface area contributed by atoms with Crippen molar-refractivity contribution in [2.24, 2.45) is 0 Å². The number of sulfonamides is 1. The Bertz CT molecular complexity index is 1300. The molecule has 0 aliphatic carbocycles. The van der Waals surface area contributed by atoms with Gasteiger partial charge in [0.15, 0.2) is 11.5 Å².